The zero-order valence-electron chi connectivity index (χ0n) is 23.1. The van der Waals surface area contributed by atoms with E-state index in [1.54, 1.807) is 14.0 Å². The smallest absolute Gasteiger partial charge is 0.214 e. The van der Waals surface area contributed by atoms with Crippen LogP contribution >= 0.6 is 23.2 Å². The number of pyridine rings is 2. The third-order valence-electron chi connectivity index (χ3n) is 6.60. The molecule has 0 bridgehead atoms. The lowest BCUT2D eigenvalue weighted by Gasteiger charge is -2.29. The molecule has 1 atom stereocenters. The van der Waals surface area contributed by atoms with E-state index >= 15 is 0 Å². The number of carbonyl (C=O) groups excluding carboxylic acids is 1. The number of nitrogens with zero attached hydrogens (tertiary/aromatic N) is 3. The van der Waals surface area contributed by atoms with Crippen LogP contribution in [0.1, 0.15) is 61.9 Å². The van der Waals surface area contributed by atoms with Gasteiger partial charge >= 0.3 is 0 Å². The second kappa shape index (κ2) is 10.7. The van der Waals surface area contributed by atoms with Crippen LogP contribution in [0.5, 0.6) is 5.88 Å². The molecule has 200 valence electrons. The van der Waals surface area contributed by atoms with Crippen LogP contribution < -0.4 is 4.74 Å². The van der Waals surface area contributed by atoms with Gasteiger partial charge in [-0.3, -0.25) is 4.79 Å². The summed E-state index contributed by atoms with van der Waals surface area (Å²) in [6.45, 7) is 14.0. The zero-order chi connectivity index (χ0) is 27.9. The van der Waals surface area contributed by atoms with Gasteiger partial charge in [0.15, 0.2) is 5.78 Å². The predicted molar refractivity (Wildman–Crippen MR) is 154 cm³/mol. The maximum absolute atomic E-state index is 13.0. The highest BCUT2D eigenvalue weighted by Crippen LogP contribution is 2.42. The number of hydrogen-bond acceptors (Lipinski definition) is 5. The first-order valence-corrected chi connectivity index (χ1v) is 13.2. The number of hydrogen-bond donors (Lipinski definition) is 0. The lowest BCUT2D eigenvalue weighted by Crippen LogP contribution is -2.27. The third-order valence-corrected chi connectivity index (χ3v) is 7.05. The summed E-state index contributed by atoms with van der Waals surface area (Å²) < 4.78 is 13.8. The van der Waals surface area contributed by atoms with Crippen molar-refractivity contribution in [3.05, 3.63) is 74.7 Å². The number of ketones is 1. The highest BCUT2D eigenvalue weighted by Gasteiger charge is 2.32. The summed E-state index contributed by atoms with van der Waals surface area (Å²) in [5, 5.41) is 1.98. The highest BCUT2D eigenvalue weighted by atomic mass is 35.5. The molecule has 0 aliphatic carbocycles. The molecule has 0 N–H and O–H groups in total. The van der Waals surface area contributed by atoms with E-state index in [0.29, 0.717) is 22.6 Å². The van der Waals surface area contributed by atoms with Crippen molar-refractivity contribution in [2.75, 3.05) is 7.11 Å². The summed E-state index contributed by atoms with van der Waals surface area (Å²) in [7, 11) is 1.57. The Balaban J connectivity index is 2.06. The average molecular weight is 555 g/mol. The van der Waals surface area contributed by atoms with Crippen LogP contribution in [0.4, 0.5) is 0 Å². The van der Waals surface area contributed by atoms with Crippen LogP contribution in [0, 0.1) is 20.8 Å². The summed E-state index contributed by atoms with van der Waals surface area (Å²) >= 11 is 12.5. The third kappa shape index (κ3) is 5.58. The number of methoxy groups -OCH3 is 1. The first-order valence-electron chi connectivity index (χ1n) is 12.4. The Morgan fingerprint density at radius 2 is 1.71 bits per heavy atom. The van der Waals surface area contributed by atoms with Crippen LogP contribution in [0.2, 0.25) is 10.2 Å². The van der Waals surface area contributed by atoms with Crippen molar-refractivity contribution in [2.24, 2.45) is 0 Å². The number of aryl methyl sites for hydroxylation is 2. The minimum Gasteiger partial charge on any atom is -0.481 e. The van der Waals surface area contributed by atoms with Gasteiger partial charge in [-0.15, -0.1) is 0 Å². The molecule has 0 spiro atoms. The summed E-state index contributed by atoms with van der Waals surface area (Å²) in [6, 6.07) is 11.4. The topological polar surface area (TPSA) is 66.2 Å². The van der Waals surface area contributed by atoms with E-state index < -0.39 is 11.7 Å². The molecule has 8 heteroatoms. The van der Waals surface area contributed by atoms with Gasteiger partial charge in [-0.05, 0) is 83.4 Å². The van der Waals surface area contributed by atoms with Crippen molar-refractivity contribution in [3.8, 4) is 17.0 Å². The largest absolute Gasteiger partial charge is 0.481 e. The number of fused-ring (bicyclic) bond motifs is 1. The van der Waals surface area contributed by atoms with E-state index in [4.69, 9.17) is 37.7 Å². The number of ether oxygens (including phenoxy) is 2. The van der Waals surface area contributed by atoms with Gasteiger partial charge in [0.25, 0.3) is 0 Å². The predicted octanol–water partition coefficient (Wildman–Crippen LogP) is 7.83. The van der Waals surface area contributed by atoms with E-state index in [0.717, 1.165) is 50.2 Å². The molecule has 0 radical (unpaired) electrons. The number of Topliss-reactive ketones (excluding diaryl/α,β-unsaturated/α-hetero) is 1. The Bertz CT molecular complexity index is 1520. The van der Waals surface area contributed by atoms with Crippen molar-refractivity contribution < 1.29 is 14.3 Å². The maximum atomic E-state index is 13.0. The van der Waals surface area contributed by atoms with E-state index in [9.17, 15) is 4.79 Å². The van der Waals surface area contributed by atoms with E-state index in [1.807, 2.05) is 64.1 Å². The van der Waals surface area contributed by atoms with Gasteiger partial charge in [0.05, 0.1) is 12.7 Å². The van der Waals surface area contributed by atoms with Crippen LogP contribution in [0.3, 0.4) is 0 Å². The molecular formula is C30H33Cl2N3O3. The second-order valence-electron chi connectivity index (χ2n) is 10.5. The SMILES string of the molecule is COc1cc(Cn2c(C)c(C)c3c(-c4ccc(Cl)cc4)c(C(OC(C)(C)C)C(C)=O)c(C)nc32)cc(Cl)n1. The number of rotatable bonds is 7. The fourth-order valence-corrected chi connectivity index (χ4v) is 5.18. The molecule has 4 aromatic rings. The summed E-state index contributed by atoms with van der Waals surface area (Å²) in [4.78, 5) is 22.3. The first-order chi connectivity index (χ1) is 17.8. The Kier molecular flexibility index (Phi) is 7.89. The van der Waals surface area contributed by atoms with Crippen molar-refractivity contribution in [2.45, 2.75) is 66.7 Å². The minimum absolute atomic E-state index is 0.0771. The summed E-state index contributed by atoms with van der Waals surface area (Å²) in [5.41, 5.74) is 6.73. The zero-order valence-corrected chi connectivity index (χ0v) is 24.6. The molecule has 6 nitrogen and oxygen atoms in total. The normalized spacial score (nSPS) is 12.7. The van der Waals surface area contributed by atoms with Crippen molar-refractivity contribution in [1.29, 1.82) is 0 Å². The molecule has 0 fully saturated rings. The minimum atomic E-state index is -0.774. The molecule has 0 amide bonds. The fraction of sp³-hybridized carbons (Fsp3) is 0.367. The number of aromatic nitrogens is 3. The summed E-state index contributed by atoms with van der Waals surface area (Å²) in [5.74, 6) is 0.377. The second-order valence-corrected chi connectivity index (χ2v) is 11.4. The van der Waals surface area contributed by atoms with Gasteiger partial charge in [0.2, 0.25) is 5.88 Å². The molecule has 3 heterocycles. The van der Waals surface area contributed by atoms with Crippen LogP contribution in [-0.4, -0.2) is 33.0 Å². The molecule has 1 aromatic carbocycles. The lowest BCUT2D eigenvalue weighted by atomic mass is 9.90. The van der Waals surface area contributed by atoms with E-state index in [2.05, 4.69) is 23.4 Å². The standard InChI is InChI=1S/C30H33Cl2N3O3/c1-16-18(3)35(15-20-13-23(32)34-24(14-20)37-8)29-25(16)27(21-9-11-22(31)12-10-21)26(17(2)33-29)28(19(4)36)38-30(5,6)7/h9-14,28H,15H2,1-8H3. The molecular weight excluding hydrogens is 521 g/mol. The van der Waals surface area contributed by atoms with Crippen molar-refractivity contribution >= 4 is 40.0 Å². The molecule has 0 aliphatic heterocycles. The summed E-state index contributed by atoms with van der Waals surface area (Å²) in [6.07, 6.45) is -0.774. The maximum Gasteiger partial charge on any atom is 0.214 e. The highest BCUT2D eigenvalue weighted by molar-refractivity contribution is 6.30. The number of halogens is 2. The average Bonchev–Trinajstić information content (AvgIpc) is 3.05. The van der Waals surface area contributed by atoms with Gasteiger partial charge in [0.1, 0.15) is 16.9 Å². The van der Waals surface area contributed by atoms with E-state index in [1.165, 1.54) is 0 Å². The molecule has 1 unspecified atom stereocenters. The van der Waals surface area contributed by atoms with Gasteiger partial charge in [-0.1, -0.05) is 35.3 Å². The van der Waals surface area contributed by atoms with Gasteiger partial charge in [-0.25, -0.2) is 9.97 Å². The quantitative estimate of drug-likeness (QED) is 0.218. The van der Waals surface area contributed by atoms with E-state index in [-0.39, 0.29) is 5.78 Å². The van der Waals surface area contributed by atoms with Crippen LogP contribution in [0.25, 0.3) is 22.2 Å². The Hall–Kier alpha value is -2.93. The monoisotopic (exact) mass is 553 g/mol. The van der Waals surface area contributed by atoms with Crippen LogP contribution in [-0.2, 0) is 16.1 Å². The van der Waals surface area contributed by atoms with Gasteiger partial charge in [-0.2, -0.15) is 0 Å². The Morgan fingerprint density at radius 1 is 1.05 bits per heavy atom. The lowest BCUT2D eigenvalue weighted by molar-refractivity contribution is -0.138. The number of carbonyl (C=O) groups is 1. The molecule has 38 heavy (non-hydrogen) atoms. The van der Waals surface area contributed by atoms with Crippen molar-refractivity contribution in [3.63, 3.8) is 0 Å². The number of benzene rings is 1. The Labute approximate surface area is 233 Å². The fourth-order valence-electron chi connectivity index (χ4n) is 4.83. The van der Waals surface area contributed by atoms with Crippen LogP contribution in [0.15, 0.2) is 36.4 Å². The van der Waals surface area contributed by atoms with Gasteiger partial charge in [0, 0.05) is 45.5 Å². The van der Waals surface area contributed by atoms with Crippen molar-refractivity contribution in [1.82, 2.24) is 14.5 Å². The molecule has 4 rings (SSSR count). The van der Waals surface area contributed by atoms with Gasteiger partial charge < -0.3 is 14.0 Å². The molecule has 0 aliphatic rings. The Morgan fingerprint density at radius 3 is 2.29 bits per heavy atom. The molecule has 0 saturated heterocycles. The molecule has 3 aromatic heterocycles. The first kappa shape index (κ1) is 28.1. The molecule has 0 saturated carbocycles.